The fraction of sp³-hybridized carbons (Fsp3) is 0.333. The smallest absolute Gasteiger partial charge is 0.173 e. The summed E-state index contributed by atoms with van der Waals surface area (Å²) in [7, 11) is 0. The third kappa shape index (κ3) is 4.01. The van der Waals surface area contributed by atoms with E-state index in [9.17, 15) is 0 Å². The molecule has 0 bridgehead atoms. The van der Waals surface area contributed by atoms with E-state index in [1.807, 2.05) is 11.4 Å². The van der Waals surface area contributed by atoms with E-state index in [1.165, 1.54) is 10.4 Å². The minimum atomic E-state index is 0.282. The maximum atomic E-state index is 9.15. The topological polar surface area (TPSA) is 116 Å². The van der Waals surface area contributed by atoms with Gasteiger partial charge in [0.15, 0.2) is 11.6 Å². The predicted molar refractivity (Wildman–Crippen MR) is 124 cm³/mol. The number of hydrogen-bond acceptors (Lipinski definition) is 8. The van der Waals surface area contributed by atoms with Crippen LogP contribution in [0, 0.1) is 25.2 Å². The van der Waals surface area contributed by atoms with Crippen LogP contribution in [0.1, 0.15) is 41.0 Å². The number of H-pyrrole nitrogens is 1. The lowest BCUT2D eigenvalue weighted by Gasteiger charge is -2.09. The Labute approximate surface area is 183 Å². The normalized spacial score (nSPS) is 11.1. The van der Waals surface area contributed by atoms with E-state index in [1.54, 1.807) is 22.7 Å². The van der Waals surface area contributed by atoms with Crippen LogP contribution in [0.5, 0.6) is 0 Å². The third-order valence-corrected chi connectivity index (χ3v) is 7.11. The Morgan fingerprint density at radius 2 is 2.10 bits per heavy atom. The molecule has 0 radical (unpaired) electrons. The fourth-order valence-electron chi connectivity index (χ4n) is 3.40. The van der Waals surface area contributed by atoms with Gasteiger partial charge in [-0.2, -0.15) is 10.4 Å². The van der Waals surface area contributed by atoms with Gasteiger partial charge in [0.25, 0.3) is 0 Å². The molecule has 4 aromatic heterocycles. The molecule has 9 heteroatoms. The predicted octanol–water partition coefficient (Wildman–Crippen LogP) is 5.04. The van der Waals surface area contributed by atoms with Crippen LogP contribution in [0.25, 0.3) is 20.9 Å². The highest BCUT2D eigenvalue weighted by Gasteiger charge is 2.16. The quantitative estimate of drug-likeness (QED) is 0.333. The summed E-state index contributed by atoms with van der Waals surface area (Å²) in [6.07, 6.45) is 3.78. The molecule has 0 atom stereocenters. The van der Waals surface area contributed by atoms with Crippen LogP contribution in [0.3, 0.4) is 0 Å². The van der Waals surface area contributed by atoms with Crippen molar-refractivity contribution < 1.29 is 0 Å². The van der Waals surface area contributed by atoms with Gasteiger partial charge in [0.05, 0.1) is 16.0 Å². The SMILES string of the molecule is Cc1sc2nc(-c3cccs3)nc(NCCCCCc3[nH]nc(N)c3C#N)c2c1C. The van der Waals surface area contributed by atoms with Gasteiger partial charge in [0.2, 0.25) is 0 Å². The largest absolute Gasteiger partial charge is 0.381 e. The summed E-state index contributed by atoms with van der Waals surface area (Å²) in [6, 6.07) is 6.20. The van der Waals surface area contributed by atoms with E-state index in [4.69, 9.17) is 21.0 Å². The monoisotopic (exact) mass is 437 g/mol. The van der Waals surface area contributed by atoms with Gasteiger partial charge < -0.3 is 11.1 Å². The van der Waals surface area contributed by atoms with E-state index in [0.717, 1.165) is 64.7 Å². The maximum Gasteiger partial charge on any atom is 0.173 e. The first kappa shape index (κ1) is 20.3. The molecule has 4 heterocycles. The summed E-state index contributed by atoms with van der Waals surface area (Å²) >= 11 is 3.38. The van der Waals surface area contributed by atoms with Crippen LogP contribution in [0.4, 0.5) is 11.6 Å². The van der Waals surface area contributed by atoms with Crippen LogP contribution in [-0.4, -0.2) is 26.7 Å². The molecule has 0 aromatic carbocycles. The van der Waals surface area contributed by atoms with Crippen molar-refractivity contribution in [2.75, 3.05) is 17.6 Å². The molecule has 4 N–H and O–H groups in total. The Hall–Kier alpha value is -2.96. The molecule has 0 saturated carbocycles. The molecular weight excluding hydrogens is 414 g/mol. The van der Waals surface area contributed by atoms with Crippen LogP contribution in [0.2, 0.25) is 0 Å². The molecule has 30 heavy (non-hydrogen) atoms. The number of aryl methyl sites for hydroxylation is 3. The molecule has 0 aliphatic rings. The summed E-state index contributed by atoms with van der Waals surface area (Å²) < 4.78 is 0. The van der Waals surface area contributed by atoms with Crippen LogP contribution >= 0.6 is 22.7 Å². The molecule has 0 unspecified atom stereocenters. The molecule has 154 valence electrons. The second-order valence-electron chi connectivity index (χ2n) is 7.15. The Balaban J connectivity index is 1.40. The van der Waals surface area contributed by atoms with Crippen molar-refractivity contribution in [2.24, 2.45) is 0 Å². The first-order chi connectivity index (χ1) is 14.6. The molecule has 4 rings (SSSR count). The molecule has 0 spiro atoms. The first-order valence-corrected chi connectivity index (χ1v) is 11.6. The number of nitrogens with two attached hydrogens (primary N) is 1. The highest BCUT2D eigenvalue weighted by Crippen LogP contribution is 2.35. The highest BCUT2D eigenvalue weighted by atomic mass is 32.1. The number of unbranched alkanes of at least 4 members (excludes halogenated alkanes) is 2. The van der Waals surface area contributed by atoms with E-state index < -0.39 is 0 Å². The van der Waals surface area contributed by atoms with Gasteiger partial charge in [0.1, 0.15) is 22.3 Å². The van der Waals surface area contributed by atoms with Gasteiger partial charge in [0, 0.05) is 11.4 Å². The van der Waals surface area contributed by atoms with Gasteiger partial charge in [-0.3, -0.25) is 5.10 Å². The Morgan fingerprint density at radius 1 is 1.23 bits per heavy atom. The van der Waals surface area contributed by atoms with Crippen LogP contribution in [0.15, 0.2) is 17.5 Å². The average Bonchev–Trinajstić information content (AvgIpc) is 3.45. The standard InChI is InChI=1S/C21H23N7S2/c1-12-13(2)30-21-17(12)20(25-19(26-21)16-8-6-10-29-16)24-9-5-3-4-7-15-14(11-22)18(23)28-27-15/h6,8,10H,3-5,7,9H2,1-2H3,(H3,23,27,28)(H,24,25,26). The Morgan fingerprint density at radius 3 is 2.87 bits per heavy atom. The number of aromatic amines is 1. The third-order valence-electron chi connectivity index (χ3n) is 5.15. The van der Waals surface area contributed by atoms with Crippen molar-refractivity contribution in [3.63, 3.8) is 0 Å². The number of nitriles is 1. The maximum absolute atomic E-state index is 9.15. The number of rotatable bonds is 8. The van der Waals surface area contributed by atoms with Gasteiger partial charge >= 0.3 is 0 Å². The lowest BCUT2D eigenvalue weighted by atomic mass is 10.1. The zero-order valence-electron chi connectivity index (χ0n) is 17.0. The van der Waals surface area contributed by atoms with E-state index in [0.29, 0.717) is 5.56 Å². The number of aromatic nitrogens is 4. The Kier molecular flexibility index (Phi) is 5.97. The number of nitrogens with one attached hydrogen (secondary N) is 2. The molecule has 0 fully saturated rings. The molecule has 4 aromatic rings. The number of thiophene rings is 2. The van der Waals surface area contributed by atoms with Crippen molar-refractivity contribution in [1.82, 2.24) is 20.2 Å². The summed E-state index contributed by atoms with van der Waals surface area (Å²) in [5.74, 6) is 1.98. The van der Waals surface area contributed by atoms with Crippen molar-refractivity contribution >= 4 is 44.5 Å². The average molecular weight is 438 g/mol. The van der Waals surface area contributed by atoms with E-state index in [-0.39, 0.29) is 5.82 Å². The van der Waals surface area contributed by atoms with Crippen molar-refractivity contribution in [3.05, 3.63) is 39.2 Å². The lowest BCUT2D eigenvalue weighted by Crippen LogP contribution is -2.05. The highest BCUT2D eigenvalue weighted by molar-refractivity contribution is 7.19. The zero-order valence-corrected chi connectivity index (χ0v) is 18.6. The van der Waals surface area contributed by atoms with Gasteiger partial charge in [-0.25, -0.2) is 9.97 Å². The second kappa shape index (κ2) is 8.81. The van der Waals surface area contributed by atoms with Crippen molar-refractivity contribution in [3.8, 4) is 16.8 Å². The molecule has 0 aliphatic heterocycles. The van der Waals surface area contributed by atoms with Crippen LogP contribution in [-0.2, 0) is 6.42 Å². The lowest BCUT2D eigenvalue weighted by molar-refractivity contribution is 0.687. The summed E-state index contributed by atoms with van der Waals surface area (Å²) in [5, 5.41) is 22.6. The molecule has 0 amide bonds. The first-order valence-electron chi connectivity index (χ1n) is 9.86. The molecule has 0 saturated heterocycles. The minimum absolute atomic E-state index is 0.282. The fourth-order valence-corrected chi connectivity index (χ4v) is 5.09. The number of nitrogen functional groups attached to an aromatic ring is 1. The van der Waals surface area contributed by atoms with Gasteiger partial charge in [-0.05, 0) is 50.1 Å². The summed E-state index contributed by atoms with van der Waals surface area (Å²) in [4.78, 5) is 13.0. The number of anilines is 2. The van der Waals surface area contributed by atoms with Crippen molar-refractivity contribution in [1.29, 1.82) is 5.26 Å². The van der Waals surface area contributed by atoms with Crippen LogP contribution < -0.4 is 11.1 Å². The number of fused-ring (bicyclic) bond motifs is 1. The van der Waals surface area contributed by atoms with E-state index >= 15 is 0 Å². The van der Waals surface area contributed by atoms with Crippen molar-refractivity contribution in [2.45, 2.75) is 39.5 Å². The Bertz CT molecular complexity index is 1200. The number of hydrogen-bond donors (Lipinski definition) is 3. The molecule has 0 aliphatic carbocycles. The zero-order chi connectivity index (χ0) is 21.1. The minimum Gasteiger partial charge on any atom is -0.381 e. The molecular formula is C21H23N7S2. The second-order valence-corrected chi connectivity index (χ2v) is 9.30. The number of nitrogens with zero attached hydrogens (tertiary/aromatic N) is 4. The van der Waals surface area contributed by atoms with E-state index in [2.05, 4.69) is 41.5 Å². The summed E-state index contributed by atoms with van der Waals surface area (Å²) in [5.41, 5.74) is 8.23. The summed E-state index contributed by atoms with van der Waals surface area (Å²) in [6.45, 7) is 5.10. The van der Waals surface area contributed by atoms with Gasteiger partial charge in [-0.15, -0.1) is 22.7 Å². The molecule has 7 nitrogen and oxygen atoms in total. The van der Waals surface area contributed by atoms with Gasteiger partial charge in [-0.1, -0.05) is 12.5 Å².